The summed E-state index contributed by atoms with van der Waals surface area (Å²) in [6.45, 7) is 0.977. The minimum Gasteiger partial charge on any atom is -0.351 e. The number of nitrogens with zero attached hydrogens (tertiary/aromatic N) is 2. The summed E-state index contributed by atoms with van der Waals surface area (Å²) in [5.41, 5.74) is 0. The number of hydrogen-bond donors (Lipinski definition) is 0. The SMILES string of the molecule is CN(CCc1cccs1)c1nc(Cl)cs1. The number of hydrogen-bond acceptors (Lipinski definition) is 4. The summed E-state index contributed by atoms with van der Waals surface area (Å²) in [7, 11) is 2.04. The molecular formula is C10H11ClN2S2. The van der Waals surface area contributed by atoms with E-state index >= 15 is 0 Å². The first kappa shape index (κ1) is 10.9. The number of halogens is 1. The lowest BCUT2D eigenvalue weighted by Gasteiger charge is -2.14. The van der Waals surface area contributed by atoms with Crippen LogP contribution in [0.25, 0.3) is 0 Å². The van der Waals surface area contributed by atoms with Gasteiger partial charge < -0.3 is 4.90 Å². The molecule has 0 aliphatic heterocycles. The summed E-state index contributed by atoms with van der Waals surface area (Å²) in [6.07, 6.45) is 1.06. The molecule has 0 atom stereocenters. The first-order chi connectivity index (χ1) is 7.25. The van der Waals surface area contributed by atoms with Crippen molar-refractivity contribution in [2.24, 2.45) is 0 Å². The molecule has 80 valence electrons. The highest BCUT2D eigenvalue weighted by Crippen LogP contribution is 2.22. The van der Waals surface area contributed by atoms with E-state index in [9.17, 15) is 0 Å². The standard InChI is InChI=1S/C10H11ClN2S2/c1-13(10-12-9(11)7-15-10)5-4-8-3-2-6-14-8/h2-3,6-7H,4-5H2,1H3. The van der Waals surface area contributed by atoms with E-state index in [2.05, 4.69) is 27.4 Å². The summed E-state index contributed by atoms with van der Waals surface area (Å²) >= 11 is 9.16. The van der Waals surface area contributed by atoms with Crippen LogP contribution in [-0.2, 0) is 6.42 Å². The molecule has 2 nitrogen and oxygen atoms in total. The molecule has 0 fully saturated rings. The zero-order valence-corrected chi connectivity index (χ0v) is 10.7. The predicted molar refractivity (Wildman–Crippen MR) is 68.4 cm³/mol. The van der Waals surface area contributed by atoms with Crippen LogP contribution >= 0.6 is 34.3 Å². The lowest BCUT2D eigenvalue weighted by atomic mass is 10.3. The smallest absolute Gasteiger partial charge is 0.186 e. The van der Waals surface area contributed by atoms with Crippen molar-refractivity contribution in [2.45, 2.75) is 6.42 Å². The quantitative estimate of drug-likeness (QED) is 0.834. The van der Waals surface area contributed by atoms with Gasteiger partial charge in [-0.15, -0.1) is 22.7 Å². The second-order valence-corrected chi connectivity index (χ2v) is 5.46. The van der Waals surface area contributed by atoms with Crippen molar-refractivity contribution in [1.29, 1.82) is 0 Å². The summed E-state index contributed by atoms with van der Waals surface area (Å²) < 4.78 is 0. The first-order valence-corrected chi connectivity index (χ1v) is 6.74. The van der Waals surface area contributed by atoms with E-state index in [1.54, 1.807) is 22.7 Å². The van der Waals surface area contributed by atoms with Crippen LogP contribution in [0.1, 0.15) is 4.88 Å². The van der Waals surface area contributed by atoms with E-state index in [1.807, 2.05) is 12.4 Å². The van der Waals surface area contributed by atoms with Crippen LogP contribution in [0.2, 0.25) is 5.15 Å². The maximum atomic E-state index is 5.78. The Morgan fingerprint density at radius 1 is 1.47 bits per heavy atom. The molecule has 15 heavy (non-hydrogen) atoms. The van der Waals surface area contributed by atoms with Crippen LogP contribution in [0.4, 0.5) is 5.13 Å². The molecule has 0 saturated heterocycles. The Morgan fingerprint density at radius 2 is 2.33 bits per heavy atom. The maximum absolute atomic E-state index is 5.78. The number of thiazole rings is 1. The van der Waals surface area contributed by atoms with Crippen molar-refractivity contribution in [3.05, 3.63) is 32.9 Å². The molecule has 0 aliphatic rings. The van der Waals surface area contributed by atoms with Gasteiger partial charge in [0.15, 0.2) is 5.13 Å². The Bertz CT molecular complexity index is 411. The Hall–Kier alpha value is -0.580. The minimum atomic E-state index is 0.581. The van der Waals surface area contributed by atoms with Crippen molar-refractivity contribution in [1.82, 2.24) is 4.98 Å². The summed E-state index contributed by atoms with van der Waals surface area (Å²) in [5, 5.41) is 5.53. The van der Waals surface area contributed by atoms with E-state index in [4.69, 9.17) is 11.6 Å². The van der Waals surface area contributed by atoms with Crippen LogP contribution in [0.15, 0.2) is 22.9 Å². The van der Waals surface area contributed by atoms with Crippen LogP contribution in [-0.4, -0.2) is 18.6 Å². The molecule has 0 aromatic carbocycles. The summed E-state index contributed by atoms with van der Waals surface area (Å²) in [6, 6.07) is 4.24. The third-order valence-electron chi connectivity index (χ3n) is 2.06. The van der Waals surface area contributed by atoms with Crippen molar-refractivity contribution < 1.29 is 0 Å². The van der Waals surface area contributed by atoms with Crippen LogP contribution in [0.5, 0.6) is 0 Å². The van der Waals surface area contributed by atoms with E-state index in [-0.39, 0.29) is 0 Å². The summed E-state index contributed by atoms with van der Waals surface area (Å²) in [4.78, 5) is 7.77. The van der Waals surface area contributed by atoms with Gasteiger partial charge >= 0.3 is 0 Å². The van der Waals surface area contributed by atoms with Gasteiger partial charge in [-0.05, 0) is 17.9 Å². The number of anilines is 1. The van der Waals surface area contributed by atoms with Gasteiger partial charge in [-0.3, -0.25) is 0 Å². The van der Waals surface area contributed by atoms with E-state index < -0.39 is 0 Å². The van der Waals surface area contributed by atoms with Crippen molar-refractivity contribution in [2.75, 3.05) is 18.5 Å². The van der Waals surface area contributed by atoms with Crippen molar-refractivity contribution in [3.63, 3.8) is 0 Å². The average Bonchev–Trinajstić information content (AvgIpc) is 2.84. The number of thiophene rings is 1. The highest BCUT2D eigenvalue weighted by Gasteiger charge is 2.05. The molecule has 0 spiro atoms. The fraction of sp³-hybridized carbons (Fsp3) is 0.300. The van der Waals surface area contributed by atoms with Gasteiger partial charge in [0.1, 0.15) is 5.15 Å². The normalized spacial score (nSPS) is 10.5. The van der Waals surface area contributed by atoms with Gasteiger partial charge in [-0.1, -0.05) is 17.7 Å². The van der Waals surface area contributed by atoms with Gasteiger partial charge in [-0.2, -0.15) is 0 Å². The molecule has 0 aliphatic carbocycles. The lowest BCUT2D eigenvalue weighted by Crippen LogP contribution is -2.19. The topological polar surface area (TPSA) is 16.1 Å². The van der Waals surface area contributed by atoms with E-state index in [0.29, 0.717) is 5.15 Å². The van der Waals surface area contributed by atoms with Gasteiger partial charge in [0.2, 0.25) is 0 Å². The Morgan fingerprint density at radius 3 is 2.93 bits per heavy atom. The molecule has 2 aromatic rings. The molecule has 0 bridgehead atoms. The maximum Gasteiger partial charge on any atom is 0.186 e. The molecule has 0 N–H and O–H groups in total. The molecule has 2 aromatic heterocycles. The Labute approximate surface area is 102 Å². The second-order valence-electron chi connectivity index (χ2n) is 3.20. The molecule has 0 unspecified atom stereocenters. The molecule has 5 heteroatoms. The monoisotopic (exact) mass is 258 g/mol. The highest BCUT2D eigenvalue weighted by molar-refractivity contribution is 7.14. The fourth-order valence-corrected chi connectivity index (χ4v) is 2.89. The summed E-state index contributed by atoms with van der Waals surface area (Å²) in [5.74, 6) is 0. The van der Waals surface area contributed by atoms with Gasteiger partial charge in [0, 0.05) is 23.8 Å². The second kappa shape index (κ2) is 4.96. The fourth-order valence-electron chi connectivity index (χ4n) is 1.25. The molecule has 0 amide bonds. The molecule has 0 saturated carbocycles. The number of aromatic nitrogens is 1. The lowest BCUT2D eigenvalue weighted by molar-refractivity contribution is 0.882. The van der Waals surface area contributed by atoms with Crippen LogP contribution in [0, 0.1) is 0 Å². The predicted octanol–water partition coefficient (Wildman–Crippen LogP) is 3.54. The van der Waals surface area contributed by atoms with Crippen LogP contribution < -0.4 is 4.90 Å². The number of likely N-dealkylation sites (N-methyl/N-ethyl adjacent to an activating group) is 1. The third kappa shape index (κ3) is 2.93. The van der Waals surface area contributed by atoms with Crippen molar-refractivity contribution >= 4 is 39.4 Å². The van der Waals surface area contributed by atoms with Gasteiger partial charge in [0.25, 0.3) is 0 Å². The largest absolute Gasteiger partial charge is 0.351 e. The van der Waals surface area contributed by atoms with Gasteiger partial charge in [0.05, 0.1) is 0 Å². The molecule has 2 heterocycles. The molecule has 2 rings (SSSR count). The minimum absolute atomic E-state index is 0.581. The molecule has 0 radical (unpaired) electrons. The van der Waals surface area contributed by atoms with E-state index in [1.165, 1.54) is 4.88 Å². The number of rotatable bonds is 4. The zero-order chi connectivity index (χ0) is 10.7. The zero-order valence-electron chi connectivity index (χ0n) is 8.31. The average molecular weight is 259 g/mol. The third-order valence-corrected chi connectivity index (χ3v) is 4.28. The Balaban J connectivity index is 1.90. The highest BCUT2D eigenvalue weighted by atomic mass is 35.5. The van der Waals surface area contributed by atoms with Crippen LogP contribution in [0.3, 0.4) is 0 Å². The molecular weight excluding hydrogens is 248 g/mol. The van der Waals surface area contributed by atoms with Crippen molar-refractivity contribution in [3.8, 4) is 0 Å². The Kier molecular flexibility index (Phi) is 3.61. The van der Waals surface area contributed by atoms with E-state index in [0.717, 1.165) is 18.1 Å². The first-order valence-electron chi connectivity index (χ1n) is 4.60. The van der Waals surface area contributed by atoms with Gasteiger partial charge in [-0.25, -0.2) is 4.98 Å².